The Balaban J connectivity index is 1.37. The van der Waals surface area contributed by atoms with E-state index in [0.29, 0.717) is 0 Å². The third kappa shape index (κ3) is 8.19. The van der Waals surface area contributed by atoms with E-state index in [2.05, 4.69) is 9.80 Å². The molecule has 25 heavy (non-hydrogen) atoms. The van der Waals surface area contributed by atoms with Crippen LogP contribution in [0.2, 0.25) is 0 Å². The highest BCUT2D eigenvalue weighted by Crippen LogP contribution is 2.11. The zero-order valence-corrected chi connectivity index (χ0v) is 15.8. The van der Waals surface area contributed by atoms with Gasteiger partial charge in [0.05, 0.1) is 13.3 Å². The Hall–Kier alpha value is -1.14. The highest BCUT2D eigenvalue weighted by molar-refractivity contribution is 5.47. The zero-order chi connectivity index (χ0) is 17.7. The first-order chi connectivity index (χ1) is 12.3. The molecule has 0 unspecified atom stereocenters. The molecule has 0 aromatic heterocycles. The minimum atomic E-state index is 0.821. The van der Waals surface area contributed by atoms with E-state index in [0.717, 1.165) is 78.3 Å². The quantitative estimate of drug-likeness (QED) is 0.398. The summed E-state index contributed by atoms with van der Waals surface area (Å²) in [6, 6.07) is 0. The maximum Gasteiger partial charge on any atom is 0.210 e. The van der Waals surface area contributed by atoms with E-state index in [1.165, 1.54) is 44.9 Å². The van der Waals surface area contributed by atoms with Crippen LogP contribution in [0.5, 0.6) is 0 Å². The topological polar surface area (TPSA) is 47.1 Å². The van der Waals surface area contributed by atoms with Gasteiger partial charge in [-0.25, -0.2) is 0 Å². The normalized spacial score (nSPS) is 20.0. The maximum absolute atomic E-state index is 10.8. The van der Waals surface area contributed by atoms with Gasteiger partial charge in [-0.05, 0) is 38.8 Å². The summed E-state index contributed by atoms with van der Waals surface area (Å²) < 4.78 is 0. The van der Waals surface area contributed by atoms with Crippen LogP contribution in [-0.2, 0) is 9.59 Å². The Bertz CT molecular complexity index is 346. The summed E-state index contributed by atoms with van der Waals surface area (Å²) in [6.45, 7) is 8.03. The highest BCUT2D eigenvalue weighted by atomic mass is 16.1. The van der Waals surface area contributed by atoms with Gasteiger partial charge in [0.15, 0.2) is 0 Å². The fraction of sp³-hybridized carbons (Fsp3) is 0.895. The molecule has 2 aliphatic heterocycles. The van der Waals surface area contributed by atoms with E-state index in [1.54, 1.807) is 0 Å². The number of carbonyl (C=O) groups is 2. The van der Waals surface area contributed by atoms with Crippen LogP contribution in [0.25, 0.3) is 0 Å². The number of carbonyl (C=O) groups excluding carboxylic acids is 2. The van der Waals surface area contributed by atoms with E-state index in [9.17, 15) is 9.59 Å². The molecule has 2 heterocycles. The van der Waals surface area contributed by atoms with Gasteiger partial charge in [0, 0.05) is 26.2 Å². The summed E-state index contributed by atoms with van der Waals surface area (Å²) in [7, 11) is 0. The van der Waals surface area contributed by atoms with Gasteiger partial charge in [0.1, 0.15) is 0 Å². The smallest absolute Gasteiger partial charge is 0.210 e. The average molecular weight is 353 g/mol. The molecule has 0 spiro atoms. The van der Waals surface area contributed by atoms with Gasteiger partial charge >= 0.3 is 0 Å². The molecule has 0 radical (unpaired) electrons. The molecule has 0 N–H and O–H groups in total. The minimum absolute atomic E-state index is 0.821. The largest absolute Gasteiger partial charge is 0.332 e. The van der Waals surface area contributed by atoms with E-state index in [4.69, 9.17) is 0 Å². The predicted molar refractivity (Wildman–Crippen MR) is 100.0 cm³/mol. The molecule has 2 saturated heterocycles. The number of nitrogens with zero attached hydrogens (tertiary/aromatic N) is 4. The van der Waals surface area contributed by atoms with E-state index in [-0.39, 0.29) is 0 Å². The molecule has 2 fully saturated rings. The fourth-order valence-electron chi connectivity index (χ4n) is 3.88. The third-order valence-electron chi connectivity index (χ3n) is 5.35. The van der Waals surface area contributed by atoms with Crippen molar-refractivity contribution < 1.29 is 9.59 Å². The Kier molecular flexibility index (Phi) is 9.89. The van der Waals surface area contributed by atoms with Crippen LogP contribution in [0, 0.1) is 0 Å². The molecule has 2 amide bonds. The van der Waals surface area contributed by atoms with Crippen molar-refractivity contribution in [3.05, 3.63) is 0 Å². The van der Waals surface area contributed by atoms with Crippen LogP contribution in [-0.4, -0.2) is 85.0 Å². The second kappa shape index (κ2) is 12.3. The molecule has 0 bridgehead atoms. The van der Waals surface area contributed by atoms with Crippen molar-refractivity contribution in [3.8, 4) is 0 Å². The summed E-state index contributed by atoms with van der Waals surface area (Å²) in [5.74, 6) is 0. The molecule has 0 aromatic carbocycles. The van der Waals surface area contributed by atoms with Crippen molar-refractivity contribution in [2.75, 3.05) is 52.6 Å². The molecule has 0 aliphatic carbocycles. The van der Waals surface area contributed by atoms with Crippen LogP contribution in [0.3, 0.4) is 0 Å². The molecule has 0 saturated carbocycles. The van der Waals surface area contributed by atoms with Crippen molar-refractivity contribution in [1.82, 2.24) is 19.6 Å². The molecular weight excluding hydrogens is 316 g/mol. The SMILES string of the molecule is O=CN1CCCN(CCCCCCCCCN2CCCN(C=O)C2)C1. The number of hydrogen-bond donors (Lipinski definition) is 0. The molecule has 2 aliphatic rings. The summed E-state index contributed by atoms with van der Waals surface area (Å²) >= 11 is 0. The molecule has 2 rings (SSSR count). The zero-order valence-electron chi connectivity index (χ0n) is 15.8. The van der Waals surface area contributed by atoms with Gasteiger partial charge in [0.25, 0.3) is 0 Å². The van der Waals surface area contributed by atoms with Gasteiger partial charge in [-0.2, -0.15) is 0 Å². The van der Waals surface area contributed by atoms with E-state index in [1.807, 2.05) is 9.80 Å². The Labute approximate surface area is 153 Å². The molecule has 0 aromatic rings. The number of rotatable bonds is 12. The lowest BCUT2D eigenvalue weighted by molar-refractivity contribution is -0.122. The lowest BCUT2D eigenvalue weighted by Gasteiger charge is -2.33. The van der Waals surface area contributed by atoms with Crippen molar-refractivity contribution >= 4 is 12.8 Å². The van der Waals surface area contributed by atoms with Crippen LogP contribution in [0.4, 0.5) is 0 Å². The lowest BCUT2D eigenvalue weighted by Crippen LogP contribution is -2.44. The molecular formula is C19H36N4O2. The first-order valence-corrected chi connectivity index (χ1v) is 10.2. The van der Waals surface area contributed by atoms with Gasteiger partial charge in [-0.3, -0.25) is 19.4 Å². The van der Waals surface area contributed by atoms with E-state index >= 15 is 0 Å². The minimum Gasteiger partial charge on any atom is -0.332 e. The molecule has 144 valence electrons. The van der Waals surface area contributed by atoms with Gasteiger partial charge in [-0.1, -0.05) is 32.1 Å². The number of amides is 2. The Morgan fingerprint density at radius 3 is 1.36 bits per heavy atom. The second-order valence-electron chi connectivity index (χ2n) is 7.54. The average Bonchev–Trinajstić information content (AvgIpc) is 2.67. The lowest BCUT2D eigenvalue weighted by atomic mass is 10.1. The van der Waals surface area contributed by atoms with Crippen LogP contribution < -0.4 is 0 Å². The van der Waals surface area contributed by atoms with Crippen molar-refractivity contribution in [1.29, 1.82) is 0 Å². The Morgan fingerprint density at radius 2 is 0.960 bits per heavy atom. The molecule has 6 nitrogen and oxygen atoms in total. The van der Waals surface area contributed by atoms with Gasteiger partial charge < -0.3 is 9.80 Å². The third-order valence-corrected chi connectivity index (χ3v) is 5.35. The Morgan fingerprint density at radius 1 is 0.560 bits per heavy atom. The van der Waals surface area contributed by atoms with Crippen molar-refractivity contribution in [3.63, 3.8) is 0 Å². The van der Waals surface area contributed by atoms with Gasteiger partial charge in [-0.15, -0.1) is 0 Å². The van der Waals surface area contributed by atoms with Crippen molar-refractivity contribution in [2.24, 2.45) is 0 Å². The molecule has 6 heteroatoms. The molecule has 0 atom stereocenters. The highest BCUT2D eigenvalue weighted by Gasteiger charge is 2.15. The van der Waals surface area contributed by atoms with Crippen molar-refractivity contribution in [2.45, 2.75) is 57.8 Å². The summed E-state index contributed by atoms with van der Waals surface area (Å²) in [5, 5.41) is 0. The standard InChI is InChI=1S/C19H36N4O2/c24-18-22-14-8-12-20(16-22)10-6-4-2-1-3-5-7-11-21-13-9-15-23(17-21)19-25/h18-19H,1-17H2. The number of hydrogen-bond acceptors (Lipinski definition) is 4. The first kappa shape index (κ1) is 20.2. The summed E-state index contributed by atoms with van der Waals surface area (Å²) in [5.41, 5.74) is 0. The van der Waals surface area contributed by atoms with Crippen LogP contribution in [0.1, 0.15) is 57.8 Å². The van der Waals surface area contributed by atoms with Crippen LogP contribution >= 0.6 is 0 Å². The van der Waals surface area contributed by atoms with Gasteiger partial charge in [0.2, 0.25) is 12.8 Å². The van der Waals surface area contributed by atoms with E-state index < -0.39 is 0 Å². The second-order valence-corrected chi connectivity index (χ2v) is 7.54. The number of unbranched alkanes of at least 4 members (excludes halogenated alkanes) is 6. The summed E-state index contributed by atoms with van der Waals surface area (Å²) in [6.07, 6.45) is 13.3. The monoisotopic (exact) mass is 352 g/mol. The first-order valence-electron chi connectivity index (χ1n) is 10.2. The fourth-order valence-corrected chi connectivity index (χ4v) is 3.88. The summed E-state index contributed by atoms with van der Waals surface area (Å²) in [4.78, 5) is 30.2. The maximum atomic E-state index is 10.8. The predicted octanol–water partition coefficient (Wildman–Crippen LogP) is 1.96. The van der Waals surface area contributed by atoms with Crippen LogP contribution in [0.15, 0.2) is 0 Å².